The van der Waals surface area contributed by atoms with Crippen molar-refractivity contribution in [3.63, 3.8) is 0 Å². The first-order valence-electron chi connectivity index (χ1n) is 8.99. The van der Waals surface area contributed by atoms with E-state index >= 15 is 0 Å². The zero-order valence-electron chi connectivity index (χ0n) is 15.7. The van der Waals surface area contributed by atoms with Gasteiger partial charge in [0.05, 0.1) is 17.0 Å². The monoisotopic (exact) mass is 427 g/mol. The smallest absolute Gasteiger partial charge is 0.408 e. The van der Waals surface area contributed by atoms with Gasteiger partial charge in [0, 0.05) is 19.3 Å². The van der Waals surface area contributed by atoms with Crippen LogP contribution in [0.3, 0.4) is 0 Å². The van der Waals surface area contributed by atoms with Gasteiger partial charge in [0.25, 0.3) is 0 Å². The van der Waals surface area contributed by atoms with Gasteiger partial charge in [0.2, 0.25) is 5.28 Å². The van der Waals surface area contributed by atoms with E-state index in [-0.39, 0.29) is 27.4 Å². The molecule has 2 aromatic rings. The summed E-state index contributed by atoms with van der Waals surface area (Å²) in [5, 5.41) is 9.90. The Labute approximate surface area is 171 Å². The van der Waals surface area contributed by atoms with E-state index in [1.165, 1.54) is 6.20 Å². The summed E-state index contributed by atoms with van der Waals surface area (Å²) in [6.45, 7) is 6.99. The lowest BCUT2D eigenvalue weighted by Gasteiger charge is -2.54. The number of hydrogen-bond donors (Lipinski definition) is 1. The summed E-state index contributed by atoms with van der Waals surface area (Å²) in [4.78, 5) is 27.8. The lowest BCUT2D eigenvalue weighted by Crippen LogP contribution is -2.68. The summed E-state index contributed by atoms with van der Waals surface area (Å²) < 4.78 is 14.5. The fourth-order valence-corrected chi connectivity index (χ4v) is 4.98. The van der Waals surface area contributed by atoms with Gasteiger partial charge in [0.15, 0.2) is 11.0 Å². The van der Waals surface area contributed by atoms with Crippen molar-refractivity contribution in [3.8, 4) is 0 Å². The fraction of sp³-hybridized carbons (Fsp3) is 0.556. The van der Waals surface area contributed by atoms with E-state index in [1.54, 1.807) is 4.90 Å². The number of halogens is 3. The SMILES string of the molecule is CC(C)(C)[C@]12CC[C@@H](CN(c3nc(Cl)nc4c(F)c(Cl)ncc34)C1)N2C(=O)O. The van der Waals surface area contributed by atoms with E-state index in [0.29, 0.717) is 24.3 Å². The van der Waals surface area contributed by atoms with Crippen LogP contribution in [-0.2, 0) is 0 Å². The Kier molecular flexibility index (Phi) is 4.35. The molecule has 0 aromatic carbocycles. The number of carbonyl (C=O) groups is 1. The van der Waals surface area contributed by atoms with Crippen molar-refractivity contribution < 1.29 is 14.3 Å². The molecule has 2 aromatic heterocycles. The third kappa shape index (κ3) is 2.69. The van der Waals surface area contributed by atoms with Crippen molar-refractivity contribution in [1.29, 1.82) is 0 Å². The van der Waals surface area contributed by atoms with E-state index < -0.39 is 17.4 Å². The van der Waals surface area contributed by atoms with Crippen molar-refractivity contribution in [2.75, 3.05) is 18.0 Å². The van der Waals surface area contributed by atoms with E-state index in [4.69, 9.17) is 23.2 Å². The molecule has 28 heavy (non-hydrogen) atoms. The van der Waals surface area contributed by atoms with Gasteiger partial charge in [0.1, 0.15) is 11.3 Å². The number of rotatable bonds is 1. The first-order chi connectivity index (χ1) is 13.0. The lowest BCUT2D eigenvalue weighted by molar-refractivity contribution is 0.00532. The Balaban J connectivity index is 1.86. The molecule has 2 saturated heterocycles. The van der Waals surface area contributed by atoms with Crippen molar-refractivity contribution in [2.45, 2.75) is 45.2 Å². The summed E-state index contributed by atoms with van der Waals surface area (Å²) in [7, 11) is 0. The van der Waals surface area contributed by atoms with Gasteiger partial charge < -0.3 is 10.0 Å². The maximum absolute atomic E-state index is 14.5. The molecule has 0 spiro atoms. The number of carboxylic acid groups (broad SMARTS) is 1. The van der Waals surface area contributed by atoms with Gasteiger partial charge in [-0.25, -0.2) is 19.2 Å². The number of aromatic nitrogens is 3. The number of piperazine rings is 1. The van der Waals surface area contributed by atoms with Crippen LogP contribution in [-0.4, -0.2) is 55.7 Å². The predicted molar refractivity (Wildman–Crippen MR) is 105 cm³/mol. The van der Waals surface area contributed by atoms with Crippen molar-refractivity contribution in [2.24, 2.45) is 5.41 Å². The van der Waals surface area contributed by atoms with Crippen LogP contribution in [0.25, 0.3) is 10.9 Å². The predicted octanol–water partition coefficient (Wildman–Crippen LogP) is 4.22. The molecule has 4 heterocycles. The molecular formula is C18H20Cl2FN5O2. The highest BCUT2D eigenvalue weighted by Crippen LogP contribution is 2.50. The highest BCUT2D eigenvalue weighted by atomic mass is 35.5. The zero-order chi connectivity index (χ0) is 20.4. The molecule has 0 unspecified atom stereocenters. The van der Waals surface area contributed by atoms with Crippen LogP contribution < -0.4 is 4.90 Å². The normalized spacial score (nSPS) is 24.9. The Morgan fingerprint density at radius 2 is 2.07 bits per heavy atom. The second-order valence-corrected chi connectivity index (χ2v) is 9.14. The molecule has 2 atom stereocenters. The number of fused-ring (bicyclic) bond motifs is 3. The number of anilines is 1. The first-order valence-corrected chi connectivity index (χ1v) is 9.75. The molecule has 4 rings (SSSR count). The molecule has 1 N–H and O–H groups in total. The van der Waals surface area contributed by atoms with Gasteiger partial charge in [-0.1, -0.05) is 32.4 Å². The molecular weight excluding hydrogens is 408 g/mol. The van der Waals surface area contributed by atoms with Crippen LogP contribution in [0.4, 0.5) is 15.0 Å². The third-order valence-corrected chi connectivity index (χ3v) is 6.53. The van der Waals surface area contributed by atoms with Crippen LogP contribution in [0.1, 0.15) is 33.6 Å². The molecule has 150 valence electrons. The Hall–Kier alpha value is -1.93. The van der Waals surface area contributed by atoms with Gasteiger partial charge in [-0.2, -0.15) is 4.98 Å². The molecule has 2 fully saturated rings. The van der Waals surface area contributed by atoms with E-state index in [9.17, 15) is 14.3 Å². The largest absolute Gasteiger partial charge is 0.465 e. The highest BCUT2D eigenvalue weighted by molar-refractivity contribution is 6.30. The molecule has 10 heteroatoms. The van der Waals surface area contributed by atoms with Crippen LogP contribution in [0.2, 0.25) is 10.4 Å². The van der Waals surface area contributed by atoms with Crippen molar-refractivity contribution in [1.82, 2.24) is 19.9 Å². The van der Waals surface area contributed by atoms with Crippen molar-refractivity contribution >= 4 is 46.0 Å². The Morgan fingerprint density at radius 1 is 1.36 bits per heavy atom. The molecule has 1 amide bonds. The van der Waals surface area contributed by atoms with Crippen LogP contribution in [0, 0.1) is 11.2 Å². The quantitative estimate of drug-likeness (QED) is 0.541. The van der Waals surface area contributed by atoms with Gasteiger partial charge in [-0.05, 0) is 29.9 Å². The van der Waals surface area contributed by atoms with Gasteiger partial charge >= 0.3 is 6.09 Å². The summed E-state index contributed by atoms with van der Waals surface area (Å²) in [6.07, 6.45) is 2.03. The zero-order valence-corrected chi connectivity index (χ0v) is 17.2. The number of nitrogens with zero attached hydrogens (tertiary/aromatic N) is 5. The Morgan fingerprint density at radius 3 is 2.71 bits per heavy atom. The van der Waals surface area contributed by atoms with E-state index in [0.717, 1.165) is 12.8 Å². The standard InChI is InChI=1S/C18H20Cl2FN5O2/c1-17(2,3)18-5-4-9(26(18)16(27)28)7-25(8-18)14-10-6-22-13(19)11(21)12(10)23-15(20)24-14/h6,9H,4-5,7-8H2,1-3H3,(H,27,28)/t9-,18-/m0/s1. The maximum Gasteiger partial charge on any atom is 0.408 e. The number of hydrogen-bond acceptors (Lipinski definition) is 5. The van der Waals surface area contributed by atoms with Gasteiger partial charge in [-0.3, -0.25) is 4.90 Å². The number of pyridine rings is 1. The van der Waals surface area contributed by atoms with E-state index in [2.05, 4.69) is 15.0 Å². The average molecular weight is 428 g/mol. The summed E-state index contributed by atoms with van der Waals surface area (Å²) in [5.74, 6) is -0.300. The molecule has 2 aliphatic rings. The third-order valence-electron chi connectivity index (χ3n) is 6.10. The summed E-state index contributed by atoms with van der Waals surface area (Å²) in [6, 6.07) is -0.181. The van der Waals surface area contributed by atoms with Crippen LogP contribution >= 0.6 is 23.2 Å². The Bertz CT molecular complexity index is 983. The molecule has 2 aliphatic heterocycles. The maximum atomic E-state index is 14.5. The fourth-order valence-electron chi connectivity index (χ4n) is 4.68. The minimum atomic E-state index is -0.915. The topological polar surface area (TPSA) is 82.5 Å². The number of amides is 1. The van der Waals surface area contributed by atoms with E-state index in [1.807, 2.05) is 25.7 Å². The van der Waals surface area contributed by atoms with Crippen molar-refractivity contribution in [3.05, 3.63) is 22.5 Å². The second-order valence-electron chi connectivity index (χ2n) is 8.45. The molecule has 0 radical (unpaired) electrons. The lowest BCUT2D eigenvalue weighted by atomic mass is 9.71. The first kappa shape index (κ1) is 19.4. The minimum Gasteiger partial charge on any atom is -0.465 e. The second kappa shape index (κ2) is 6.29. The average Bonchev–Trinajstić information content (AvgIpc) is 2.86. The molecule has 0 aliphatic carbocycles. The van der Waals surface area contributed by atoms with Crippen LogP contribution in [0.5, 0.6) is 0 Å². The van der Waals surface area contributed by atoms with Crippen LogP contribution in [0.15, 0.2) is 6.20 Å². The van der Waals surface area contributed by atoms with Gasteiger partial charge in [-0.15, -0.1) is 0 Å². The minimum absolute atomic E-state index is 0.00724. The molecule has 7 nitrogen and oxygen atoms in total. The molecule has 2 bridgehead atoms. The molecule has 0 saturated carbocycles. The summed E-state index contributed by atoms with van der Waals surface area (Å²) in [5.41, 5.74) is -0.893. The summed E-state index contributed by atoms with van der Waals surface area (Å²) >= 11 is 11.9. The highest BCUT2D eigenvalue weighted by Gasteiger charge is 2.59.